The minimum atomic E-state index is -0.704. The molecule has 202 valence electrons. The van der Waals surface area contributed by atoms with Gasteiger partial charge in [0.2, 0.25) is 11.8 Å². The van der Waals surface area contributed by atoms with Crippen molar-refractivity contribution in [1.82, 2.24) is 15.1 Å². The molecule has 1 N–H and O–H groups in total. The Morgan fingerprint density at radius 3 is 2.42 bits per heavy atom. The number of halogens is 1. The van der Waals surface area contributed by atoms with Crippen molar-refractivity contribution in [2.24, 2.45) is 0 Å². The summed E-state index contributed by atoms with van der Waals surface area (Å²) < 4.78 is 27.8. The molecule has 3 aliphatic heterocycles. The molecule has 0 saturated carbocycles. The highest BCUT2D eigenvalue weighted by Crippen LogP contribution is 2.34. The number of hydrogen-bond acceptors (Lipinski definition) is 6. The fraction of sp³-hybridized carbons (Fsp3) is 0.483. The van der Waals surface area contributed by atoms with E-state index in [1.54, 1.807) is 30.3 Å². The first-order valence-electron chi connectivity index (χ1n) is 13.0. The van der Waals surface area contributed by atoms with E-state index in [9.17, 15) is 14.4 Å². The molecule has 3 heterocycles. The van der Waals surface area contributed by atoms with Gasteiger partial charge in [-0.2, -0.15) is 0 Å². The van der Waals surface area contributed by atoms with Crippen LogP contribution in [0.1, 0.15) is 67.6 Å². The zero-order valence-corrected chi connectivity index (χ0v) is 22.3. The van der Waals surface area contributed by atoms with Crippen LogP contribution < -0.4 is 10.1 Å². The van der Waals surface area contributed by atoms with Crippen LogP contribution in [0.2, 0.25) is 0 Å². The monoisotopic (exact) mass is 523 g/mol. The lowest BCUT2D eigenvalue weighted by molar-refractivity contribution is -0.182. The lowest BCUT2D eigenvalue weighted by atomic mass is 9.98. The fourth-order valence-electron chi connectivity index (χ4n) is 6.01. The summed E-state index contributed by atoms with van der Waals surface area (Å²) in [6.07, 6.45) is 0.477. The van der Waals surface area contributed by atoms with Crippen LogP contribution in [0.5, 0.6) is 5.75 Å². The molecule has 0 radical (unpaired) electrons. The van der Waals surface area contributed by atoms with E-state index in [1.165, 1.54) is 4.90 Å². The third-order valence-corrected chi connectivity index (χ3v) is 7.24. The number of carbonyl (C=O) groups excluding carboxylic acids is 3. The van der Waals surface area contributed by atoms with E-state index in [0.717, 1.165) is 0 Å². The van der Waals surface area contributed by atoms with Crippen molar-refractivity contribution in [2.45, 2.75) is 77.5 Å². The van der Waals surface area contributed by atoms with E-state index in [1.807, 2.05) is 33.8 Å². The van der Waals surface area contributed by atoms with Gasteiger partial charge in [0.05, 0.1) is 17.7 Å². The predicted octanol–water partition coefficient (Wildman–Crippen LogP) is 3.56. The van der Waals surface area contributed by atoms with Crippen molar-refractivity contribution in [1.29, 1.82) is 0 Å². The number of rotatable bonds is 6. The highest BCUT2D eigenvalue weighted by atomic mass is 19.1. The third-order valence-electron chi connectivity index (χ3n) is 7.24. The summed E-state index contributed by atoms with van der Waals surface area (Å²) in [6, 6.07) is 9.79. The SMILES string of the molecule is CC1(C)CN(Cc2cccc(COc3cccc4c3CN([C@H]3CCC(=O)NC3=O)C4=O)c2F)CC(C)(C)O1. The second kappa shape index (κ2) is 9.78. The number of amides is 3. The lowest BCUT2D eigenvalue weighted by Crippen LogP contribution is -2.56. The van der Waals surface area contributed by atoms with Gasteiger partial charge < -0.3 is 14.4 Å². The Balaban J connectivity index is 1.29. The highest BCUT2D eigenvalue weighted by Gasteiger charge is 2.40. The van der Waals surface area contributed by atoms with E-state index in [-0.39, 0.29) is 54.8 Å². The molecule has 0 spiro atoms. The Kier molecular flexibility index (Phi) is 6.77. The van der Waals surface area contributed by atoms with E-state index in [2.05, 4.69) is 10.2 Å². The maximum atomic E-state index is 15.6. The van der Waals surface area contributed by atoms with Crippen LogP contribution in [-0.2, 0) is 34.0 Å². The number of nitrogens with zero attached hydrogens (tertiary/aromatic N) is 2. The number of fused-ring (bicyclic) bond motifs is 1. The van der Waals surface area contributed by atoms with Gasteiger partial charge in [-0.1, -0.05) is 24.3 Å². The normalized spacial score (nSPS) is 22.8. The topological polar surface area (TPSA) is 88.2 Å². The minimum absolute atomic E-state index is 0.00281. The highest BCUT2D eigenvalue weighted by molar-refractivity contribution is 6.05. The Morgan fingerprint density at radius 1 is 1.03 bits per heavy atom. The van der Waals surface area contributed by atoms with Gasteiger partial charge in [-0.15, -0.1) is 0 Å². The summed E-state index contributed by atoms with van der Waals surface area (Å²) in [7, 11) is 0. The van der Waals surface area contributed by atoms with Crippen LogP contribution in [0, 0.1) is 5.82 Å². The van der Waals surface area contributed by atoms with Crippen molar-refractivity contribution in [3.63, 3.8) is 0 Å². The number of imide groups is 1. The summed E-state index contributed by atoms with van der Waals surface area (Å²) in [6.45, 7) is 10.3. The summed E-state index contributed by atoms with van der Waals surface area (Å²) in [4.78, 5) is 40.6. The smallest absolute Gasteiger partial charge is 0.255 e. The van der Waals surface area contributed by atoms with Gasteiger partial charge in [0.15, 0.2) is 0 Å². The molecular formula is C29H34FN3O5. The molecule has 0 aliphatic carbocycles. The Labute approximate surface area is 222 Å². The predicted molar refractivity (Wildman–Crippen MR) is 138 cm³/mol. The van der Waals surface area contributed by atoms with Gasteiger partial charge in [-0.3, -0.25) is 24.6 Å². The Morgan fingerprint density at radius 2 is 1.71 bits per heavy atom. The fourth-order valence-corrected chi connectivity index (χ4v) is 6.01. The maximum absolute atomic E-state index is 15.6. The standard InChI is InChI=1S/C29H34FN3O5/c1-28(2)16-32(17-29(3,4)38-28)13-18-7-5-8-19(25(18)30)15-37-23-10-6-9-20-21(23)14-33(27(20)36)22-11-12-24(34)31-26(22)35/h5-10,22H,11-17H2,1-4H3,(H,31,34,35)/t22-/m0/s1. The lowest BCUT2D eigenvalue weighted by Gasteiger charge is -2.47. The van der Waals surface area contributed by atoms with Crippen molar-refractivity contribution in [3.05, 3.63) is 64.5 Å². The summed E-state index contributed by atoms with van der Waals surface area (Å²) in [5.41, 5.74) is 1.49. The zero-order valence-electron chi connectivity index (χ0n) is 22.3. The quantitative estimate of drug-likeness (QED) is 0.583. The molecule has 1 atom stereocenters. The number of ether oxygens (including phenoxy) is 2. The molecule has 2 aromatic carbocycles. The van der Waals surface area contributed by atoms with Crippen LogP contribution in [0.25, 0.3) is 0 Å². The Bertz CT molecular complexity index is 1270. The molecular weight excluding hydrogens is 489 g/mol. The van der Waals surface area contributed by atoms with E-state index < -0.39 is 11.9 Å². The minimum Gasteiger partial charge on any atom is -0.488 e. The average molecular weight is 524 g/mol. The van der Waals surface area contributed by atoms with Gasteiger partial charge in [0.25, 0.3) is 5.91 Å². The van der Waals surface area contributed by atoms with Crippen LogP contribution in [0.3, 0.4) is 0 Å². The molecule has 0 unspecified atom stereocenters. The number of piperidine rings is 1. The first kappa shape index (κ1) is 26.3. The zero-order chi connectivity index (χ0) is 27.2. The third kappa shape index (κ3) is 5.31. The molecule has 3 aliphatic rings. The average Bonchev–Trinajstić information content (AvgIpc) is 3.14. The van der Waals surface area contributed by atoms with Gasteiger partial charge in [-0.25, -0.2) is 4.39 Å². The van der Waals surface area contributed by atoms with Crippen LogP contribution in [0.15, 0.2) is 36.4 Å². The molecule has 5 rings (SSSR count). The Hall–Kier alpha value is -3.30. The van der Waals surface area contributed by atoms with Crippen molar-refractivity contribution in [3.8, 4) is 5.75 Å². The van der Waals surface area contributed by atoms with Crippen LogP contribution in [-0.4, -0.2) is 57.9 Å². The molecule has 2 saturated heterocycles. The van der Waals surface area contributed by atoms with Gasteiger partial charge in [0, 0.05) is 48.3 Å². The summed E-state index contributed by atoms with van der Waals surface area (Å²) >= 11 is 0. The largest absolute Gasteiger partial charge is 0.488 e. The molecule has 3 amide bonds. The summed E-state index contributed by atoms with van der Waals surface area (Å²) in [5, 5.41) is 2.31. The number of benzene rings is 2. The second-order valence-corrected chi connectivity index (χ2v) is 11.6. The first-order valence-corrected chi connectivity index (χ1v) is 13.0. The van der Waals surface area contributed by atoms with Crippen molar-refractivity contribution >= 4 is 17.7 Å². The van der Waals surface area contributed by atoms with Gasteiger partial charge in [0.1, 0.15) is 24.2 Å². The summed E-state index contributed by atoms with van der Waals surface area (Å²) in [5.74, 6) is -0.888. The van der Waals surface area contributed by atoms with E-state index in [0.29, 0.717) is 47.6 Å². The molecule has 0 aromatic heterocycles. The molecule has 9 heteroatoms. The van der Waals surface area contributed by atoms with Gasteiger partial charge >= 0.3 is 0 Å². The first-order chi connectivity index (χ1) is 17.9. The molecule has 38 heavy (non-hydrogen) atoms. The second-order valence-electron chi connectivity index (χ2n) is 11.6. The van der Waals surface area contributed by atoms with E-state index >= 15 is 4.39 Å². The van der Waals surface area contributed by atoms with E-state index in [4.69, 9.17) is 9.47 Å². The molecule has 2 aromatic rings. The molecule has 8 nitrogen and oxygen atoms in total. The number of carbonyl (C=O) groups is 3. The number of morpholine rings is 1. The van der Waals surface area contributed by atoms with Gasteiger partial charge in [-0.05, 0) is 46.2 Å². The molecule has 0 bridgehead atoms. The van der Waals surface area contributed by atoms with Crippen molar-refractivity contribution in [2.75, 3.05) is 13.1 Å². The number of hydrogen-bond donors (Lipinski definition) is 1. The molecule has 2 fully saturated rings. The maximum Gasteiger partial charge on any atom is 0.255 e. The number of nitrogens with one attached hydrogen (secondary N) is 1. The van der Waals surface area contributed by atoms with Crippen molar-refractivity contribution < 1.29 is 28.2 Å². The van der Waals surface area contributed by atoms with Crippen LogP contribution in [0.4, 0.5) is 4.39 Å². The van der Waals surface area contributed by atoms with Crippen LogP contribution >= 0.6 is 0 Å².